The van der Waals surface area contributed by atoms with Gasteiger partial charge in [-0.25, -0.2) is 0 Å². The Hall–Kier alpha value is -4.24. The lowest BCUT2D eigenvalue weighted by Crippen LogP contribution is -2.13. The van der Waals surface area contributed by atoms with Crippen LogP contribution < -0.4 is 10.1 Å². The molecule has 0 unspecified atom stereocenters. The number of hydrogen-bond acceptors (Lipinski definition) is 7. The average Bonchev–Trinajstić information content (AvgIpc) is 3.29. The number of nitrogens with zero attached hydrogens (tertiary/aromatic N) is 3. The van der Waals surface area contributed by atoms with E-state index >= 15 is 0 Å². The summed E-state index contributed by atoms with van der Waals surface area (Å²) in [7, 11) is 1.58. The zero-order valence-electron chi connectivity index (χ0n) is 16.6. The summed E-state index contributed by atoms with van der Waals surface area (Å²) in [6, 6.07) is 17.6. The fourth-order valence-electron chi connectivity index (χ4n) is 2.96. The van der Waals surface area contributed by atoms with E-state index in [1.165, 1.54) is 12.1 Å². The minimum atomic E-state index is -0.610. The first kappa shape index (κ1) is 21.0. The summed E-state index contributed by atoms with van der Waals surface area (Å²) in [5, 5.41) is 17.8. The van der Waals surface area contributed by atoms with Gasteiger partial charge in [-0.05, 0) is 42.5 Å². The van der Waals surface area contributed by atoms with E-state index in [4.69, 9.17) is 20.9 Å². The molecule has 160 valence electrons. The van der Waals surface area contributed by atoms with Crippen LogP contribution in [0.25, 0.3) is 22.8 Å². The number of hydrogen-bond donors (Lipinski definition) is 1. The topological polar surface area (TPSA) is 120 Å². The van der Waals surface area contributed by atoms with Gasteiger partial charge in [0.15, 0.2) is 0 Å². The summed E-state index contributed by atoms with van der Waals surface area (Å²) < 4.78 is 10.6. The number of methoxy groups -OCH3 is 1. The zero-order chi connectivity index (χ0) is 22.7. The number of ether oxygens (including phenoxy) is 1. The average molecular weight is 451 g/mol. The van der Waals surface area contributed by atoms with Crippen LogP contribution in [0.3, 0.4) is 0 Å². The Kier molecular flexibility index (Phi) is 5.82. The van der Waals surface area contributed by atoms with Crippen LogP contribution in [0.4, 0.5) is 11.4 Å². The maximum Gasteiger partial charge on any atom is 0.270 e. The lowest BCUT2D eigenvalue weighted by atomic mass is 10.1. The van der Waals surface area contributed by atoms with Gasteiger partial charge in [-0.2, -0.15) is 4.98 Å². The van der Waals surface area contributed by atoms with Crippen LogP contribution in [0, 0.1) is 10.1 Å². The third-order valence-corrected chi connectivity index (χ3v) is 4.91. The van der Waals surface area contributed by atoms with Crippen molar-refractivity contribution >= 4 is 28.9 Å². The molecule has 0 aliphatic carbocycles. The van der Waals surface area contributed by atoms with Gasteiger partial charge >= 0.3 is 0 Å². The Labute approximate surface area is 186 Å². The normalized spacial score (nSPS) is 10.6. The van der Waals surface area contributed by atoms with E-state index in [0.29, 0.717) is 22.8 Å². The number of rotatable bonds is 6. The molecule has 0 atom stereocenters. The highest BCUT2D eigenvalue weighted by Crippen LogP contribution is 2.30. The summed E-state index contributed by atoms with van der Waals surface area (Å²) in [5.41, 5.74) is 1.32. The SMILES string of the molecule is COc1ccc(-c2noc(-c3ccccc3NC(=O)c3cc([N+](=O)[O-])ccc3Cl)n2)cc1. The second-order valence-electron chi connectivity index (χ2n) is 6.57. The van der Waals surface area contributed by atoms with E-state index in [2.05, 4.69) is 15.5 Å². The summed E-state index contributed by atoms with van der Waals surface area (Å²) >= 11 is 6.08. The fourth-order valence-corrected chi connectivity index (χ4v) is 3.16. The molecule has 0 radical (unpaired) electrons. The number of benzene rings is 3. The second kappa shape index (κ2) is 8.86. The molecule has 4 aromatic rings. The van der Waals surface area contributed by atoms with Crippen LogP contribution in [0.1, 0.15) is 10.4 Å². The number of para-hydroxylation sites is 1. The summed E-state index contributed by atoms with van der Waals surface area (Å²) in [6.07, 6.45) is 0. The van der Waals surface area contributed by atoms with Crippen molar-refractivity contribution in [1.82, 2.24) is 10.1 Å². The minimum absolute atomic E-state index is 0.0277. The van der Waals surface area contributed by atoms with Crippen molar-refractivity contribution in [2.24, 2.45) is 0 Å². The maximum absolute atomic E-state index is 12.8. The first-order chi connectivity index (χ1) is 15.5. The molecule has 0 saturated carbocycles. The highest BCUT2D eigenvalue weighted by atomic mass is 35.5. The van der Waals surface area contributed by atoms with Gasteiger partial charge in [-0.15, -0.1) is 0 Å². The predicted octanol–water partition coefficient (Wildman–Crippen LogP) is 5.23. The minimum Gasteiger partial charge on any atom is -0.497 e. The van der Waals surface area contributed by atoms with Crippen molar-refractivity contribution in [2.75, 3.05) is 12.4 Å². The molecule has 1 amide bonds. The van der Waals surface area contributed by atoms with Crippen molar-refractivity contribution in [3.63, 3.8) is 0 Å². The number of nitro benzene ring substituents is 1. The summed E-state index contributed by atoms with van der Waals surface area (Å²) in [5.74, 6) is 0.647. The molecule has 9 nitrogen and oxygen atoms in total. The molecule has 0 spiro atoms. The van der Waals surface area contributed by atoms with Crippen LogP contribution in [0.15, 0.2) is 71.3 Å². The highest BCUT2D eigenvalue weighted by molar-refractivity contribution is 6.34. The van der Waals surface area contributed by atoms with Crippen molar-refractivity contribution < 1.29 is 19.0 Å². The van der Waals surface area contributed by atoms with Crippen molar-refractivity contribution in [3.05, 3.63) is 87.4 Å². The summed E-state index contributed by atoms with van der Waals surface area (Å²) in [6.45, 7) is 0. The van der Waals surface area contributed by atoms with Crippen molar-refractivity contribution in [3.8, 4) is 28.6 Å². The molecule has 0 aliphatic rings. The lowest BCUT2D eigenvalue weighted by molar-refractivity contribution is -0.384. The molecule has 0 bridgehead atoms. The molecule has 4 rings (SSSR count). The van der Waals surface area contributed by atoms with Crippen LogP contribution in [0.2, 0.25) is 5.02 Å². The van der Waals surface area contributed by atoms with Gasteiger partial charge in [-0.3, -0.25) is 14.9 Å². The van der Waals surface area contributed by atoms with E-state index in [1.807, 2.05) is 0 Å². The van der Waals surface area contributed by atoms with Gasteiger partial charge < -0.3 is 14.6 Å². The van der Waals surface area contributed by atoms with Gasteiger partial charge in [0, 0.05) is 17.7 Å². The summed E-state index contributed by atoms with van der Waals surface area (Å²) in [4.78, 5) is 27.6. The van der Waals surface area contributed by atoms with Gasteiger partial charge in [0.25, 0.3) is 17.5 Å². The quantitative estimate of drug-likeness (QED) is 0.315. The van der Waals surface area contributed by atoms with Crippen LogP contribution >= 0.6 is 11.6 Å². The Bertz CT molecular complexity index is 1300. The number of aromatic nitrogens is 2. The highest BCUT2D eigenvalue weighted by Gasteiger charge is 2.19. The van der Waals surface area contributed by atoms with E-state index in [0.717, 1.165) is 11.6 Å². The molecular weight excluding hydrogens is 436 g/mol. The van der Waals surface area contributed by atoms with Gasteiger partial charge in [0.1, 0.15) is 5.75 Å². The molecule has 1 aromatic heterocycles. The smallest absolute Gasteiger partial charge is 0.270 e. The predicted molar refractivity (Wildman–Crippen MR) is 118 cm³/mol. The first-order valence-corrected chi connectivity index (χ1v) is 9.67. The Balaban J connectivity index is 1.63. The first-order valence-electron chi connectivity index (χ1n) is 9.29. The van der Waals surface area contributed by atoms with Crippen LogP contribution in [-0.2, 0) is 0 Å². The maximum atomic E-state index is 12.8. The third kappa shape index (κ3) is 4.28. The molecule has 1 N–H and O–H groups in total. The molecule has 0 saturated heterocycles. The van der Waals surface area contributed by atoms with Crippen LogP contribution in [-0.4, -0.2) is 28.1 Å². The number of halogens is 1. The van der Waals surface area contributed by atoms with Gasteiger partial charge in [0.05, 0.1) is 33.9 Å². The standard InChI is InChI=1S/C22H15ClN4O5/c1-31-15-9-6-13(7-10-15)20-25-22(32-26-20)16-4-2-3-5-19(16)24-21(28)17-12-14(27(29)30)8-11-18(17)23/h2-12H,1H3,(H,24,28). The van der Waals surface area contributed by atoms with E-state index in [9.17, 15) is 14.9 Å². The molecule has 32 heavy (non-hydrogen) atoms. The van der Waals surface area contributed by atoms with Crippen molar-refractivity contribution in [1.29, 1.82) is 0 Å². The van der Waals surface area contributed by atoms with E-state index in [-0.39, 0.29) is 22.2 Å². The molecule has 1 heterocycles. The van der Waals surface area contributed by atoms with E-state index in [1.54, 1.807) is 55.6 Å². The third-order valence-electron chi connectivity index (χ3n) is 4.59. The number of carbonyl (C=O) groups is 1. The molecule has 10 heteroatoms. The number of nitrogens with one attached hydrogen (secondary N) is 1. The number of amides is 1. The van der Waals surface area contributed by atoms with Crippen molar-refractivity contribution in [2.45, 2.75) is 0 Å². The second-order valence-corrected chi connectivity index (χ2v) is 6.98. The molecule has 3 aromatic carbocycles. The molecule has 0 aliphatic heterocycles. The Morgan fingerprint density at radius 3 is 2.59 bits per heavy atom. The van der Waals surface area contributed by atoms with Crippen LogP contribution in [0.5, 0.6) is 5.75 Å². The Morgan fingerprint density at radius 2 is 1.88 bits per heavy atom. The zero-order valence-corrected chi connectivity index (χ0v) is 17.4. The molecular formula is C22H15ClN4O5. The molecule has 0 fully saturated rings. The monoisotopic (exact) mass is 450 g/mol. The van der Waals surface area contributed by atoms with Gasteiger partial charge in [0.2, 0.25) is 5.82 Å². The largest absolute Gasteiger partial charge is 0.497 e. The number of anilines is 1. The number of carbonyl (C=O) groups excluding carboxylic acids is 1. The Morgan fingerprint density at radius 1 is 1.12 bits per heavy atom. The van der Waals surface area contributed by atoms with E-state index < -0.39 is 10.8 Å². The number of nitro groups is 1. The number of non-ortho nitro benzene ring substituents is 1. The lowest BCUT2D eigenvalue weighted by Gasteiger charge is -2.09. The fraction of sp³-hybridized carbons (Fsp3) is 0.0455. The van der Waals surface area contributed by atoms with Gasteiger partial charge in [-0.1, -0.05) is 28.9 Å².